The quantitative estimate of drug-likeness (QED) is 0.0937. The molecule has 0 saturated heterocycles. The van der Waals surface area contributed by atoms with Crippen molar-refractivity contribution in [3.8, 4) is 0 Å². The molecule has 226 valence electrons. The summed E-state index contributed by atoms with van der Waals surface area (Å²) < 4.78 is 0. The average Bonchev–Trinajstić information content (AvgIpc) is 3.07. The van der Waals surface area contributed by atoms with Crippen LogP contribution in [0.4, 0.5) is 45.5 Å². The number of hydrogen-bond acceptors (Lipinski definition) is 7. The lowest BCUT2D eigenvalue weighted by molar-refractivity contribution is -0.349. The molecule has 0 aliphatic carbocycles. The van der Waals surface area contributed by atoms with Crippen molar-refractivity contribution in [2.45, 2.75) is 5.75 Å². The summed E-state index contributed by atoms with van der Waals surface area (Å²) in [5.41, 5.74) is 8.56. The van der Waals surface area contributed by atoms with Gasteiger partial charge in [0.2, 0.25) is 0 Å². The van der Waals surface area contributed by atoms with Crippen molar-refractivity contribution >= 4 is 62.4 Å². The molecule has 0 unspecified atom stereocenters. The van der Waals surface area contributed by atoms with E-state index in [0.29, 0.717) is 0 Å². The lowest BCUT2D eigenvalue weighted by atomic mass is 10.2. The van der Waals surface area contributed by atoms with Gasteiger partial charge in [0.15, 0.2) is 0 Å². The fourth-order valence-electron chi connectivity index (χ4n) is 4.18. The van der Waals surface area contributed by atoms with Gasteiger partial charge in [0.1, 0.15) is 11.4 Å². The summed E-state index contributed by atoms with van der Waals surface area (Å²) in [5, 5.41) is 22.0. The minimum Gasteiger partial charge on any atom is -0.378 e. The number of anilines is 3. The van der Waals surface area contributed by atoms with Crippen LogP contribution in [0.15, 0.2) is 148 Å². The number of nitrogens with zero attached hydrogens (tertiary/aromatic N) is 6. The van der Waals surface area contributed by atoms with Crippen molar-refractivity contribution in [3.63, 3.8) is 0 Å². The Morgan fingerprint density at radius 3 is 1.42 bits per heavy atom. The molecular weight excluding hydrogens is 577 g/mol. The van der Waals surface area contributed by atoms with Crippen molar-refractivity contribution in [2.24, 2.45) is 20.5 Å². The zero-order chi connectivity index (χ0) is 31.4. The van der Waals surface area contributed by atoms with E-state index < -0.39 is 0 Å². The summed E-state index contributed by atoms with van der Waals surface area (Å²) in [6.07, 6.45) is 0. The standard InChI is InChI=1S/C36H36N8S/c1-43(2)34-22-18-32(19-23-34)41-39-30-14-10-28(11-15-30)37-36(45-26-27-8-6-5-7-9-27)38-29-12-16-31(17-13-29)40-42-33-20-24-35(25-21-33)44(3)4/h5-25H,26H2,1-4H3,(H,37,38)/p+1. The first-order chi connectivity index (χ1) is 21.9. The number of amidine groups is 1. The summed E-state index contributed by atoms with van der Waals surface area (Å²) in [5.74, 6) is 0.813. The molecule has 5 aromatic carbocycles. The molecule has 0 fully saturated rings. The molecule has 0 spiro atoms. The van der Waals surface area contributed by atoms with E-state index in [1.54, 1.807) is 11.8 Å². The number of rotatable bonds is 10. The third-order valence-electron chi connectivity index (χ3n) is 6.77. The van der Waals surface area contributed by atoms with Crippen LogP contribution >= 0.6 is 11.8 Å². The van der Waals surface area contributed by atoms with Crippen LogP contribution in [0.25, 0.3) is 0 Å². The van der Waals surface area contributed by atoms with Crippen molar-refractivity contribution in [2.75, 3.05) is 43.3 Å². The minimum atomic E-state index is 0.780. The maximum atomic E-state index is 4.41. The molecule has 0 radical (unpaired) electrons. The van der Waals surface area contributed by atoms with Gasteiger partial charge < -0.3 is 9.80 Å². The Labute approximate surface area is 269 Å². The SMILES string of the molecule is CN(C)c1ccc(N=Nc2ccc(NC(=[NH+]c3ccc(N=Nc4ccc(N(C)C)cc4)cc3)SCc3ccccc3)cc2)cc1. The molecule has 0 saturated carbocycles. The summed E-state index contributed by atoms with van der Waals surface area (Å²) in [4.78, 5) is 7.65. The average molecular weight is 614 g/mol. The number of benzene rings is 5. The van der Waals surface area contributed by atoms with Crippen molar-refractivity contribution in [1.82, 2.24) is 0 Å². The van der Waals surface area contributed by atoms with Gasteiger partial charge in [-0.05, 0) is 114 Å². The van der Waals surface area contributed by atoms with Crippen molar-refractivity contribution in [3.05, 3.63) is 133 Å². The van der Waals surface area contributed by atoms with Gasteiger partial charge >= 0.3 is 5.17 Å². The van der Waals surface area contributed by atoms with E-state index in [0.717, 1.165) is 56.4 Å². The lowest BCUT2D eigenvalue weighted by Crippen LogP contribution is -2.67. The summed E-state index contributed by atoms with van der Waals surface area (Å²) in [6.45, 7) is 0. The van der Waals surface area contributed by atoms with Crippen molar-refractivity contribution < 1.29 is 4.99 Å². The van der Waals surface area contributed by atoms with Gasteiger partial charge in [-0.3, -0.25) is 0 Å². The molecule has 0 heterocycles. The van der Waals surface area contributed by atoms with Crippen LogP contribution in [0.3, 0.4) is 0 Å². The Morgan fingerprint density at radius 1 is 0.556 bits per heavy atom. The second-order valence-electron chi connectivity index (χ2n) is 10.7. The molecule has 2 N–H and O–H groups in total. The highest BCUT2D eigenvalue weighted by molar-refractivity contribution is 8.13. The lowest BCUT2D eigenvalue weighted by Gasteiger charge is -2.11. The fraction of sp³-hybridized carbons (Fsp3) is 0.139. The van der Waals surface area contributed by atoms with E-state index >= 15 is 0 Å². The molecule has 9 heteroatoms. The molecule has 0 aliphatic heterocycles. The molecule has 0 amide bonds. The van der Waals surface area contributed by atoms with E-state index in [4.69, 9.17) is 0 Å². The number of nitrogens with one attached hydrogen (secondary N) is 2. The monoisotopic (exact) mass is 613 g/mol. The third kappa shape index (κ3) is 9.61. The van der Waals surface area contributed by atoms with Gasteiger partial charge in [-0.1, -0.05) is 30.3 Å². The number of hydrogen-bond donors (Lipinski definition) is 2. The highest BCUT2D eigenvalue weighted by atomic mass is 32.2. The second-order valence-corrected chi connectivity index (χ2v) is 11.7. The molecule has 0 aliphatic rings. The van der Waals surface area contributed by atoms with Gasteiger partial charge in [-0.25, -0.2) is 10.3 Å². The zero-order valence-corrected chi connectivity index (χ0v) is 26.7. The summed E-state index contributed by atoms with van der Waals surface area (Å²) in [7, 11) is 8.06. The van der Waals surface area contributed by atoms with Gasteiger partial charge in [0.05, 0.1) is 22.7 Å². The van der Waals surface area contributed by atoms with Gasteiger partial charge in [0.25, 0.3) is 0 Å². The maximum absolute atomic E-state index is 4.41. The van der Waals surface area contributed by atoms with Crippen LogP contribution in [0.5, 0.6) is 0 Å². The van der Waals surface area contributed by atoms with Crippen LogP contribution in [-0.4, -0.2) is 33.4 Å². The first kappa shape index (κ1) is 31.2. The Balaban J connectivity index is 1.27. The van der Waals surface area contributed by atoms with Gasteiger partial charge in [-0.2, -0.15) is 20.5 Å². The fourth-order valence-corrected chi connectivity index (χ4v) is 5.07. The molecule has 0 atom stereocenters. The van der Waals surface area contributed by atoms with Crippen LogP contribution < -0.4 is 20.1 Å². The van der Waals surface area contributed by atoms with E-state index in [2.05, 4.69) is 64.8 Å². The molecule has 0 aromatic heterocycles. The normalized spacial score (nSPS) is 11.7. The van der Waals surface area contributed by atoms with Gasteiger partial charge in [-0.15, -0.1) is 0 Å². The van der Waals surface area contributed by atoms with Crippen molar-refractivity contribution in [1.29, 1.82) is 0 Å². The molecule has 45 heavy (non-hydrogen) atoms. The Kier molecular flexibility index (Phi) is 10.7. The molecule has 5 rings (SSSR count). The van der Waals surface area contributed by atoms with E-state index in [9.17, 15) is 0 Å². The molecule has 0 bridgehead atoms. The Bertz CT molecular complexity index is 1730. The van der Waals surface area contributed by atoms with Crippen LogP contribution in [0.1, 0.15) is 5.56 Å². The first-order valence-corrected chi connectivity index (χ1v) is 15.6. The summed E-state index contributed by atoms with van der Waals surface area (Å²) in [6, 6.07) is 42.2. The minimum absolute atomic E-state index is 0.780. The number of thioether (sulfide) groups is 1. The predicted octanol–water partition coefficient (Wildman–Crippen LogP) is 8.76. The van der Waals surface area contributed by atoms with E-state index in [1.165, 1.54) is 5.56 Å². The Hall–Kier alpha value is -5.28. The Morgan fingerprint density at radius 2 is 0.978 bits per heavy atom. The second kappa shape index (κ2) is 15.4. The van der Waals surface area contributed by atoms with E-state index in [1.807, 2.05) is 131 Å². The zero-order valence-electron chi connectivity index (χ0n) is 25.9. The van der Waals surface area contributed by atoms with Crippen LogP contribution in [0.2, 0.25) is 0 Å². The highest BCUT2D eigenvalue weighted by Gasteiger charge is 2.11. The molecular formula is C36H37N8S+. The van der Waals surface area contributed by atoms with Crippen LogP contribution in [0, 0.1) is 0 Å². The van der Waals surface area contributed by atoms with Gasteiger partial charge in [0, 0.05) is 45.3 Å². The maximum Gasteiger partial charge on any atom is 0.314 e. The molecule has 8 nitrogen and oxygen atoms in total. The topological polar surface area (TPSA) is 81.9 Å². The third-order valence-corrected chi connectivity index (χ3v) is 7.74. The first-order valence-electron chi connectivity index (χ1n) is 14.6. The highest BCUT2D eigenvalue weighted by Crippen LogP contribution is 2.24. The smallest absolute Gasteiger partial charge is 0.314 e. The van der Waals surface area contributed by atoms with E-state index in [-0.39, 0.29) is 0 Å². The summed E-state index contributed by atoms with van der Waals surface area (Å²) >= 11 is 1.70. The largest absolute Gasteiger partial charge is 0.378 e. The number of azo groups is 2. The predicted molar refractivity (Wildman–Crippen MR) is 190 cm³/mol. The molecule has 5 aromatic rings. The van der Waals surface area contributed by atoms with Crippen LogP contribution in [-0.2, 0) is 5.75 Å².